The van der Waals surface area contributed by atoms with Crippen LogP contribution in [-0.2, 0) is 11.2 Å². The molecule has 0 fully saturated rings. The molecule has 8 nitrogen and oxygen atoms in total. The number of nitrogens with one attached hydrogen (secondary N) is 3. The summed E-state index contributed by atoms with van der Waals surface area (Å²) in [5, 5.41) is 0. The summed E-state index contributed by atoms with van der Waals surface area (Å²) < 4.78 is 5.11. The van der Waals surface area contributed by atoms with Crippen molar-refractivity contribution in [2.75, 3.05) is 13.7 Å². The van der Waals surface area contributed by atoms with Crippen LogP contribution in [-0.4, -0.2) is 39.7 Å². The first-order chi connectivity index (χ1) is 8.13. The van der Waals surface area contributed by atoms with Crippen molar-refractivity contribution >= 4 is 11.2 Å². The molecule has 0 radical (unpaired) electrons. The molecule has 8 heteroatoms. The fourth-order valence-corrected chi connectivity index (χ4v) is 1.56. The van der Waals surface area contributed by atoms with Gasteiger partial charge in [-0.25, -0.2) is 9.78 Å². The fourth-order valence-electron chi connectivity index (χ4n) is 1.56. The molecule has 0 aromatic carbocycles. The highest BCUT2D eigenvalue weighted by atomic mass is 16.5. The molecule has 2 heterocycles. The standard InChI is InChI=1S/C9H13N5O3/c1-17-4(3-10)2-5-11-6-7(12-5)13-9(16)14-8(6)15/h4H,2-3,10H2,1H3,(H3,11,12,13,14,15,16). The van der Waals surface area contributed by atoms with E-state index in [0.29, 0.717) is 18.8 Å². The first kappa shape index (κ1) is 11.6. The van der Waals surface area contributed by atoms with E-state index >= 15 is 0 Å². The summed E-state index contributed by atoms with van der Waals surface area (Å²) in [6.07, 6.45) is 0.268. The number of hydrogen-bond donors (Lipinski definition) is 4. The quantitative estimate of drug-likeness (QED) is 0.513. The number of methoxy groups -OCH3 is 1. The minimum Gasteiger partial charge on any atom is -0.380 e. The highest BCUT2D eigenvalue weighted by Gasteiger charge is 2.12. The van der Waals surface area contributed by atoms with Crippen molar-refractivity contribution < 1.29 is 4.74 Å². The maximum absolute atomic E-state index is 11.4. The van der Waals surface area contributed by atoms with Crippen LogP contribution in [0, 0.1) is 0 Å². The minimum atomic E-state index is -0.581. The van der Waals surface area contributed by atoms with E-state index in [-0.39, 0.29) is 17.3 Å². The van der Waals surface area contributed by atoms with Crippen LogP contribution < -0.4 is 17.0 Å². The molecular formula is C9H13N5O3. The van der Waals surface area contributed by atoms with E-state index in [4.69, 9.17) is 10.5 Å². The lowest BCUT2D eigenvalue weighted by molar-refractivity contribution is 0.108. The van der Waals surface area contributed by atoms with Crippen molar-refractivity contribution in [3.05, 3.63) is 26.7 Å². The molecule has 0 amide bonds. The zero-order valence-electron chi connectivity index (χ0n) is 9.24. The topological polar surface area (TPSA) is 130 Å². The Hall–Kier alpha value is -1.93. The summed E-state index contributed by atoms with van der Waals surface area (Å²) >= 11 is 0. The van der Waals surface area contributed by atoms with Gasteiger partial charge >= 0.3 is 5.69 Å². The number of nitrogens with zero attached hydrogens (tertiary/aromatic N) is 1. The summed E-state index contributed by atoms with van der Waals surface area (Å²) in [7, 11) is 1.55. The maximum atomic E-state index is 11.4. The molecule has 0 saturated heterocycles. The zero-order valence-corrected chi connectivity index (χ0v) is 9.24. The molecule has 1 unspecified atom stereocenters. The molecule has 0 aliphatic rings. The lowest BCUT2D eigenvalue weighted by Crippen LogP contribution is -2.25. The van der Waals surface area contributed by atoms with Crippen molar-refractivity contribution in [2.45, 2.75) is 12.5 Å². The predicted octanol–water partition coefficient (Wildman–Crippen LogP) is -1.54. The third-order valence-corrected chi connectivity index (χ3v) is 2.46. The number of imidazole rings is 1. The SMILES string of the molecule is COC(CN)Cc1nc2[nH]c(=O)[nH]c(=O)c2[nH]1. The van der Waals surface area contributed by atoms with Gasteiger partial charge in [0.2, 0.25) is 0 Å². The van der Waals surface area contributed by atoms with Gasteiger partial charge in [0, 0.05) is 20.1 Å². The summed E-state index contributed by atoms with van der Waals surface area (Å²) in [5.74, 6) is 0.546. The Bertz CT molecular complexity index is 621. The Balaban J connectivity index is 2.41. The van der Waals surface area contributed by atoms with Gasteiger partial charge in [-0.1, -0.05) is 0 Å². The normalized spacial score (nSPS) is 13.1. The van der Waals surface area contributed by atoms with Crippen molar-refractivity contribution in [3.63, 3.8) is 0 Å². The molecule has 92 valence electrons. The van der Waals surface area contributed by atoms with Crippen molar-refractivity contribution in [1.82, 2.24) is 19.9 Å². The molecule has 0 bridgehead atoms. The van der Waals surface area contributed by atoms with Crippen LogP contribution in [0.15, 0.2) is 9.59 Å². The smallest absolute Gasteiger partial charge is 0.327 e. The summed E-state index contributed by atoms with van der Waals surface area (Å²) in [5.41, 5.74) is 4.89. The number of ether oxygens (including phenoxy) is 1. The van der Waals surface area contributed by atoms with Gasteiger partial charge in [0.25, 0.3) is 5.56 Å². The van der Waals surface area contributed by atoms with Gasteiger partial charge in [0.1, 0.15) is 11.3 Å². The van der Waals surface area contributed by atoms with Gasteiger partial charge in [0.05, 0.1) is 6.10 Å². The second-order valence-corrected chi connectivity index (χ2v) is 3.61. The summed E-state index contributed by atoms with van der Waals surface area (Å²) in [6.45, 7) is 0.348. The van der Waals surface area contributed by atoms with Crippen LogP contribution >= 0.6 is 0 Å². The molecule has 0 saturated carbocycles. The van der Waals surface area contributed by atoms with E-state index in [0.717, 1.165) is 0 Å². The van der Waals surface area contributed by atoms with Crippen LogP contribution in [0.4, 0.5) is 0 Å². The molecule has 0 aliphatic carbocycles. The number of fused-ring (bicyclic) bond motifs is 1. The molecular weight excluding hydrogens is 226 g/mol. The lowest BCUT2D eigenvalue weighted by Gasteiger charge is -2.09. The number of H-pyrrole nitrogens is 3. The molecule has 2 aromatic heterocycles. The molecule has 0 spiro atoms. The third-order valence-electron chi connectivity index (χ3n) is 2.46. The Morgan fingerprint density at radius 2 is 2.12 bits per heavy atom. The molecule has 5 N–H and O–H groups in total. The van der Waals surface area contributed by atoms with Crippen molar-refractivity contribution in [2.24, 2.45) is 5.73 Å². The number of aromatic amines is 3. The van der Waals surface area contributed by atoms with E-state index < -0.39 is 11.2 Å². The Morgan fingerprint density at radius 1 is 1.35 bits per heavy atom. The second kappa shape index (κ2) is 4.52. The molecule has 17 heavy (non-hydrogen) atoms. The molecule has 2 rings (SSSR count). The van der Waals surface area contributed by atoms with E-state index in [1.54, 1.807) is 7.11 Å². The Kier molecular flexibility index (Phi) is 3.07. The Labute approximate surface area is 95.2 Å². The van der Waals surface area contributed by atoms with Gasteiger partial charge < -0.3 is 15.5 Å². The average Bonchev–Trinajstić information content (AvgIpc) is 2.68. The van der Waals surface area contributed by atoms with Gasteiger partial charge in [-0.3, -0.25) is 14.8 Å². The van der Waals surface area contributed by atoms with Gasteiger partial charge in [0.15, 0.2) is 5.65 Å². The lowest BCUT2D eigenvalue weighted by atomic mass is 10.2. The van der Waals surface area contributed by atoms with Gasteiger partial charge in [-0.15, -0.1) is 0 Å². The van der Waals surface area contributed by atoms with E-state index in [1.807, 2.05) is 0 Å². The average molecular weight is 239 g/mol. The maximum Gasteiger partial charge on any atom is 0.327 e. The molecule has 2 aromatic rings. The van der Waals surface area contributed by atoms with E-state index in [2.05, 4.69) is 19.9 Å². The van der Waals surface area contributed by atoms with Crippen LogP contribution in [0.25, 0.3) is 11.2 Å². The highest BCUT2D eigenvalue weighted by Crippen LogP contribution is 2.05. The van der Waals surface area contributed by atoms with E-state index in [9.17, 15) is 9.59 Å². The van der Waals surface area contributed by atoms with Gasteiger partial charge in [-0.2, -0.15) is 0 Å². The zero-order chi connectivity index (χ0) is 12.4. The number of rotatable bonds is 4. The minimum absolute atomic E-state index is 0.179. The van der Waals surface area contributed by atoms with Crippen LogP contribution in [0.5, 0.6) is 0 Å². The molecule has 0 aliphatic heterocycles. The van der Waals surface area contributed by atoms with Crippen molar-refractivity contribution in [3.8, 4) is 0 Å². The van der Waals surface area contributed by atoms with E-state index in [1.165, 1.54) is 0 Å². The number of hydrogen-bond acceptors (Lipinski definition) is 5. The van der Waals surface area contributed by atoms with Crippen LogP contribution in [0.1, 0.15) is 5.82 Å². The monoisotopic (exact) mass is 239 g/mol. The summed E-state index contributed by atoms with van der Waals surface area (Å²) in [6, 6.07) is 0. The van der Waals surface area contributed by atoms with Crippen LogP contribution in [0.2, 0.25) is 0 Å². The number of aromatic nitrogens is 4. The first-order valence-corrected chi connectivity index (χ1v) is 5.08. The largest absolute Gasteiger partial charge is 0.380 e. The first-order valence-electron chi connectivity index (χ1n) is 5.08. The fraction of sp³-hybridized carbons (Fsp3) is 0.444. The van der Waals surface area contributed by atoms with Crippen LogP contribution in [0.3, 0.4) is 0 Å². The Morgan fingerprint density at radius 3 is 2.76 bits per heavy atom. The van der Waals surface area contributed by atoms with Gasteiger partial charge in [-0.05, 0) is 0 Å². The predicted molar refractivity (Wildman–Crippen MR) is 60.9 cm³/mol. The third kappa shape index (κ3) is 2.27. The number of nitrogens with two attached hydrogens (primary N) is 1. The second-order valence-electron chi connectivity index (χ2n) is 3.61. The van der Waals surface area contributed by atoms with Crippen molar-refractivity contribution in [1.29, 1.82) is 0 Å². The molecule has 1 atom stereocenters. The highest BCUT2D eigenvalue weighted by molar-refractivity contribution is 5.68. The summed E-state index contributed by atoms with van der Waals surface area (Å²) in [4.78, 5) is 34.0.